The molecule has 2 unspecified atom stereocenters. The third kappa shape index (κ3) is 2.98. The van der Waals surface area contributed by atoms with Gasteiger partial charge < -0.3 is 4.90 Å². The number of hydrogen-bond donors (Lipinski definition) is 0. The first kappa shape index (κ1) is 14.5. The highest BCUT2D eigenvalue weighted by molar-refractivity contribution is 5.98. The number of piperidine rings is 1. The molecule has 1 aromatic rings. The van der Waals surface area contributed by atoms with Crippen LogP contribution >= 0.6 is 0 Å². The monoisotopic (exact) mass is 276 g/mol. The lowest BCUT2D eigenvalue weighted by Gasteiger charge is -2.36. The molecule has 1 heterocycles. The smallest absolute Gasteiger partial charge is 0.282 e. The summed E-state index contributed by atoms with van der Waals surface area (Å²) in [6, 6.07) is 4.91. The molecule has 0 radical (unpaired) electrons. The second-order valence-electron chi connectivity index (χ2n) is 5.87. The van der Waals surface area contributed by atoms with Crippen molar-refractivity contribution in [1.82, 2.24) is 0 Å². The van der Waals surface area contributed by atoms with Crippen LogP contribution in [0, 0.1) is 22.0 Å². The number of Topliss-reactive ketones (excluding diaryl/α,β-unsaturated/α-hetero) is 1. The predicted molar refractivity (Wildman–Crippen MR) is 78.3 cm³/mol. The van der Waals surface area contributed by atoms with Crippen molar-refractivity contribution < 1.29 is 9.72 Å². The fourth-order valence-electron chi connectivity index (χ4n) is 3.04. The van der Waals surface area contributed by atoms with E-state index in [9.17, 15) is 14.9 Å². The van der Waals surface area contributed by atoms with Crippen molar-refractivity contribution in [1.29, 1.82) is 0 Å². The summed E-state index contributed by atoms with van der Waals surface area (Å²) in [7, 11) is 0. The van der Waals surface area contributed by atoms with Gasteiger partial charge in [-0.15, -0.1) is 0 Å². The normalized spacial score (nSPS) is 22.6. The number of benzene rings is 1. The van der Waals surface area contributed by atoms with Crippen LogP contribution in [0.4, 0.5) is 11.4 Å². The summed E-state index contributed by atoms with van der Waals surface area (Å²) >= 11 is 0. The number of anilines is 1. The molecule has 108 valence electrons. The van der Waals surface area contributed by atoms with Gasteiger partial charge in [0.2, 0.25) is 0 Å². The zero-order chi connectivity index (χ0) is 14.9. The van der Waals surface area contributed by atoms with Crippen LogP contribution < -0.4 is 4.90 Å². The lowest BCUT2D eigenvalue weighted by Crippen LogP contribution is -2.38. The van der Waals surface area contributed by atoms with Crippen molar-refractivity contribution in [2.24, 2.45) is 11.8 Å². The number of ketones is 1. The van der Waals surface area contributed by atoms with Crippen LogP contribution in [-0.4, -0.2) is 23.8 Å². The van der Waals surface area contributed by atoms with Crippen LogP contribution in [0.25, 0.3) is 0 Å². The van der Waals surface area contributed by atoms with E-state index < -0.39 is 4.92 Å². The van der Waals surface area contributed by atoms with Gasteiger partial charge in [0.05, 0.1) is 10.5 Å². The quantitative estimate of drug-likeness (QED) is 0.483. The zero-order valence-electron chi connectivity index (χ0n) is 12.1. The highest BCUT2D eigenvalue weighted by Crippen LogP contribution is 2.30. The Bertz CT molecular complexity index is 532. The highest BCUT2D eigenvalue weighted by atomic mass is 16.6. The molecular weight excluding hydrogens is 256 g/mol. The lowest BCUT2D eigenvalue weighted by atomic mass is 9.91. The van der Waals surface area contributed by atoms with Crippen LogP contribution in [0.2, 0.25) is 0 Å². The summed E-state index contributed by atoms with van der Waals surface area (Å²) in [5.74, 6) is 0.874. The van der Waals surface area contributed by atoms with Gasteiger partial charge in [-0.2, -0.15) is 0 Å². The van der Waals surface area contributed by atoms with Crippen LogP contribution in [0.1, 0.15) is 37.6 Å². The Morgan fingerprint density at radius 1 is 1.30 bits per heavy atom. The van der Waals surface area contributed by atoms with Gasteiger partial charge in [0.15, 0.2) is 5.78 Å². The topological polar surface area (TPSA) is 63.5 Å². The Labute approximate surface area is 118 Å². The van der Waals surface area contributed by atoms with E-state index in [0.29, 0.717) is 11.8 Å². The van der Waals surface area contributed by atoms with E-state index in [1.807, 2.05) is 6.07 Å². The molecule has 5 nitrogen and oxygen atoms in total. The summed E-state index contributed by atoms with van der Waals surface area (Å²) in [5, 5.41) is 11.1. The minimum absolute atomic E-state index is 0.0964. The molecular formula is C15H20N2O3. The van der Waals surface area contributed by atoms with Crippen molar-refractivity contribution in [3.05, 3.63) is 33.9 Å². The van der Waals surface area contributed by atoms with Gasteiger partial charge in [-0.05, 0) is 37.3 Å². The van der Waals surface area contributed by atoms with Crippen LogP contribution in [-0.2, 0) is 0 Å². The van der Waals surface area contributed by atoms with Gasteiger partial charge in [-0.1, -0.05) is 13.8 Å². The average Bonchev–Trinajstić information content (AvgIpc) is 2.36. The van der Waals surface area contributed by atoms with E-state index in [1.165, 1.54) is 19.4 Å². The number of nitro groups is 1. The van der Waals surface area contributed by atoms with E-state index >= 15 is 0 Å². The highest BCUT2D eigenvalue weighted by Gasteiger charge is 2.25. The molecule has 0 aliphatic carbocycles. The molecule has 0 spiro atoms. The molecule has 20 heavy (non-hydrogen) atoms. The SMILES string of the molecule is CC(=O)c1ccc(N2CC(C)CC(C)C2)cc1[N+](=O)[O-]. The second-order valence-corrected chi connectivity index (χ2v) is 5.87. The van der Waals surface area contributed by atoms with Crippen molar-refractivity contribution in [3.8, 4) is 0 Å². The molecule has 0 amide bonds. The minimum atomic E-state index is -0.475. The minimum Gasteiger partial charge on any atom is -0.371 e. The van der Waals surface area contributed by atoms with Crippen molar-refractivity contribution in [2.45, 2.75) is 27.2 Å². The number of rotatable bonds is 3. The van der Waals surface area contributed by atoms with Gasteiger partial charge in [0.25, 0.3) is 5.69 Å². The van der Waals surface area contributed by atoms with Gasteiger partial charge >= 0.3 is 0 Å². The number of hydrogen-bond acceptors (Lipinski definition) is 4. The van der Waals surface area contributed by atoms with E-state index in [0.717, 1.165) is 18.8 Å². The molecule has 0 bridgehead atoms. The number of carbonyl (C=O) groups excluding carboxylic acids is 1. The standard InChI is InChI=1S/C15H20N2O3/c1-10-6-11(2)9-16(8-10)13-4-5-14(12(3)18)15(7-13)17(19)20/h4-5,7,10-11H,6,8-9H2,1-3H3. The van der Waals surface area contributed by atoms with Crippen LogP contribution in [0.3, 0.4) is 0 Å². The lowest BCUT2D eigenvalue weighted by molar-refractivity contribution is -0.385. The molecule has 0 N–H and O–H groups in total. The molecule has 0 saturated carbocycles. The number of carbonyl (C=O) groups is 1. The molecule has 5 heteroatoms. The molecule has 1 aliphatic heterocycles. The van der Waals surface area contributed by atoms with Gasteiger partial charge in [-0.25, -0.2) is 0 Å². The second kappa shape index (κ2) is 5.61. The average molecular weight is 276 g/mol. The molecule has 1 aromatic carbocycles. The molecule has 2 atom stereocenters. The van der Waals surface area contributed by atoms with E-state index in [-0.39, 0.29) is 17.0 Å². The fraction of sp³-hybridized carbons (Fsp3) is 0.533. The van der Waals surface area contributed by atoms with E-state index in [4.69, 9.17) is 0 Å². The van der Waals surface area contributed by atoms with Crippen molar-refractivity contribution >= 4 is 17.2 Å². The fourth-order valence-corrected chi connectivity index (χ4v) is 3.04. The maximum absolute atomic E-state index is 11.4. The zero-order valence-corrected chi connectivity index (χ0v) is 12.1. The van der Waals surface area contributed by atoms with Gasteiger partial charge in [0, 0.05) is 24.8 Å². The van der Waals surface area contributed by atoms with E-state index in [1.54, 1.807) is 6.07 Å². The Morgan fingerprint density at radius 2 is 1.90 bits per heavy atom. The molecule has 1 fully saturated rings. The third-order valence-corrected chi connectivity index (χ3v) is 3.79. The summed E-state index contributed by atoms with van der Waals surface area (Å²) in [5.41, 5.74) is 0.915. The van der Waals surface area contributed by atoms with Crippen LogP contribution in [0.15, 0.2) is 18.2 Å². The number of nitro benzene ring substituents is 1. The largest absolute Gasteiger partial charge is 0.371 e. The Hall–Kier alpha value is -1.91. The molecule has 0 aromatic heterocycles. The summed E-state index contributed by atoms with van der Waals surface area (Å²) in [6.07, 6.45) is 1.18. The van der Waals surface area contributed by atoms with Crippen molar-refractivity contribution in [2.75, 3.05) is 18.0 Å². The first-order valence-electron chi connectivity index (χ1n) is 6.92. The maximum Gasteiger partial charge on any atom is 0.282 e. The van der Waals surface area contributed by atoms with E-state index in [2.05, 4.69) is 18.7 Å². The van der Waals surface area contributed by atoms with Gasteiger partial charge in [0.1, 0.15) is 0 Å². The molecule has 1 aliphatic rings. The Balaban J connectivity index is 2.36. The Kier molecular flexibility index (Phi) is 4.06. The molecule has 2 rings (SSSR count). The predicted octanol–water partition coefficient (Wildman–Crippen LogP) is 3.28. The third-order valence-electron chi connectivity index (χ3n) is 3.79. The van der Waals surface area contributed by atoms with Gasteiger partial charge in [-0.3, -0.25) is 14.9 Å². The van der Waals surface area contributed by atoms with Crippen molar-refractivity contribution in [3.63, 3.8) is 0 Å². The first-order valence-corrected chi connectivity index (χ1v) is 6.92. The van der Waals surface area contributed by atoms with Crippen LogP contribution in [0.5, 0.6) is 0 Å². The maximum atomic E-state index is 11.4. The summed E-state index contributed by atoms with van der Waals surface area (Å²) in [4.78, 5) is 24.3. The number of nitrogens with zero attached hydrogens (tertiary/aromatic N) is 2. The molecule has 1 saturated heterocycles. The Morgan fingerprint density at radius 3 is 2.40 bits per heavy atom. The summed E-state index contributed by atoms with van der Waals surface area (Å²) < 4.78 is 0. The first-order chi connectivity index (χ1) is 9.38. The summed E-state index contributed by atoms with van der Waals surface area (Å²) in [6.45, 7) is 7.55.